The third-order valence-electron chi connectivity index (χ3n) is 2.77. The van der Waals surface area contributed by atoms with Gasteiger partial charge in [-0.05, 0) is 36.9 Å². The molecule has 0 aromatic carbocycles. The summed E-state index contributed by atoms with van der Waals surface area (Å²) in [4.78, 5) is 12.5. The van der Waals surface area contributed by atoms with E-state index >= 15 is 0 Å². The Morgan fingerprint density at radius 3 is 3.31 bits per heavy atom. The molecule has 1 aliphatic rings. The molecule has 16 heavy (non-hydrogen) atoms. The zero-order chi connectivity index (χ0) is 11.4. The van der Waals surface area contributed by atoms with Gasteiger partial charge in [-0.15, -0.1) is 11.3 Å². The second-order valence-corrected chi connectivity index (χ2v) is 4.80. The Morgan fingerprint density at radius 1 is 1.75 bits per heavy atom. The van der Waals surface area contributed by atoms with Gasteiger partial charge in [-0.1, -0.05) is 0 Å². The van der Waals surface area contributed by atoms with Gasteiger partial charge in [-0.25, -0.2) is 0 Å². The van der Waals surface area contributed by atoms with Crippen LogP contribution in [0.25, 0.3) is 0 Å². The first-order valence-electron chi connectivity index (χ1n) is 5.41. The average Bonchev–Trinajstić information content (AvgIpc) is 2.96. The van der Waals surface area contributed by atoms with Crippen LogP contribution in [0, 0.1) is 5.92 Å². The van der Waals surface area contributed by atoms with E-state index in [-0.39, 0.29) is 5.91 Å². The number of carbonyl (C=O) groups is 1. The van der Waals surface area contributed by atoms with Gasteiger partial charge in [0.05, 0.1) is 7.11 Å². The third kappa shape index (κ3) is 2.54. The van der Waals surface area contributed by atoms with E-state index in [1.165, 1.54) is 11.3 Å². The SMILES string of the molecule is COc1ccsc1C(=O)NCC1CCNC1. The number of amides is 1. The van der Waals surface area contributed by atoms with Crippen molar-refractivity contribution in [1.29, 1.82) is 0 Å². The van der Waals surface area contributed by atoms with E-state index in [9.17, 15) is 4.79 Å². The lowest BCUT2D eigenvalue weighted by atomic mass is 10.1. The molecule has 1 atom stereocenters. The van der Waals surface area contributed by atoms with Crippen LogP contribution >= 0.6 is 11.3 Å². The average molecular weight is 240 g/mol. The van der Waals surface area contributed by atoms with Gasteiger partial charge in [-0.3, -0.25) is 4.79 Å². The lowest BCUT2D eigenvalue weighted by Gasteiger charge is -2.09. The fraction of sp³-hybridized carbons (Fsp3) is 0.545. The van der Waals surface area contributed by atoms with E-state index in [0.717, 1.165) is 26.1 Å². The fourth-order valence-electron chi connectivity index (χ4n) is 1.83. The first kappa shape index (κ1) is 11.4. The molecular formula is C11H16N2O2S. The van der Waals surface area contributed by atoms with E-state index in [2.05, 4.69) is 10.6 Å². The van der Waals surface area contributed by atoms with Crippen LogP contribution in [-0.2, 0) is 0 Å². The summed E-state index contributed by atoms with van der Waals surface area (Å²) < 4.78 is 5.12. The molecular weight excluding hydrogens is 224 g/mol. The largest absolute Gasteiger partial charge is 0.495 e. The van der Waals surface area contributed by atoms with Crippen LogP contribution in [-0.4, -0.2) is 32.7 Å². The molecule has 1 aromatic rings. The minimum absolute atomic E-state index is 0.0289. The number of carbonyl (C=O) groups excluding carboxylic acids is 1. The summed E-state index contributed by atoms with van der Waals surface area (Å²) in [6.07, 6.45) is 1.14. The molecule has 0 saturated carbocycles. The van der Waals surface area contributed by atoms with Crippen molar-refractivity contribution in [2.75, 3.05) is 26.7 Å². The second kappa shape index (κ2) is 5.32. The van der Waals surface area contributed by atoms with Crippen molar-refractivity contribution in [2.45, 2.75) is 6.42 Å². The highest BCUT2D eigenvalue weighted by Crippen LogP contribution is 2.24. The van der Waals surface area contributed by atoms with Crippen molar-refractivity contribution >= 4 is 17.2 Å². The van der Waals surface area contributed by atoms with Crippen LogP contribution in [0.4, 0.5) is 0 Å². The normalized spacial score (nSPS) is 19.7. The van der Waals surface area contributed by atoms with E-state index in [1.807, 2.05) is 11.4 Å². The molecule has 0 radical (unpaired) electrons. The quantitative estimate of drug-likeness (QED) is 0.828. The second-order valence-electron chi connectivity index (χ2n) is 3.89. The van der Waals surface area contributed by atoms with Crippen molar-refractivity contribution in [3.63, 3.8) is 0 Å². The topological polar surface area (TPSA) is 50.4 Å². The molecule has 5 heteroatoms. The number of thiophene rings is 1. The van der Waals surface area contributed by atoms with E-state index in [4.69, 9.17) is 4.74 Å². The summed E-state index contributed by atoms with van der Waals surface area (Å²) in [6.45, 7) is 2.80. The first-order valence-corrected chi connectivity index (χ1v) is 6.29. The van der Waals surface area contributed by atoms with Crippen LogP contribution in [0.1, 0.15) is 16.1 Å². The minimum Gasteiger partial charge on any atom is -0.495 e. The fourth-order valence-corrected chi connectivity index (χ4v) is 2.60. The summed E-state index contributed by atoms with van der Waals surface area (Å²) in [7, 11) is 1.58. The number of ether oxygens (including phenoxy) is 1. The zero-order valence-corrected chi connectivity index (χ0v) is 10.1. The number of hydrogen-bond acceptors (Lipinski definition) is 4. The summed E-state index contributed by atoms with van der Waals surface area (Å²) in [5.74, 6) is 1.20. The Morgan fingerprint density at radius 2 is 2.62 bits per heavy atom. The molecule has 1 aromatic heterocycles. The monoisotopic (exact) mass is 240 g/mol. The predicted octanol–water partition coefficient (Wildman–Crippen LogP) is 1.10. The molecule has 2 N–H and O–H groups in total. The van der Waals surface area contributed by atoms with E-state index < -0.39 is 0 Å². The van der Waals surface area contributed by atoms with Crippen molar-refractivity contribution < 1.29 is 9.53 Å². The number of methoxy groups -OCH3 is 1. The van der Waals surface area contributed by atoms with Crippen molar-refractivity contribution in [3.8, 4) is 5.75 Å². The summed E-state index contributed by atoms with van der Waals surface area (Å²) in [6, 6.07) is 1.82. The maximum absolute atomic E-state index is 11.8. The van der Waals surface area contributed by atoms with Gasteiger partial charge >= 0.3 is 0 Å². The summed E-state index contributed by atoms with van der Waals surface area (Å²) in [5.41, 5.74) is 0. The molecule has 1 fully saturated rings. The summed E-state index contributed by atoms with van der Waals surface area (Å²) in [5, 5.41) is 8.10. The molecule has 2 rings (SSSR count). The van der Waals surface area contributed by atoms with Crippen molar-refractivity contribution in [3.05, 3.63) is 16.3 Å². The van der Waals surface area contributed by atoms with Gasteiger partial charge in [-0.2, -0.15) is 0 Å². The molecule has 0 aliphatic carbocycles. The van der Waals surface area contributed by atoms with Gasteiger partial charge in [0, 0.05) is 6.54 Å². The van der Waals surface area contributed by atoms with Gasteiger partial charge in [0.2, 0.25) is 0 Å². The van der Waals surface area contributed by atoms with Gasteiger partial charge in [0.1, 0.15) is 10.6 Å². The molecule has 4 nitrogen and oxygen atoms in total. The molecule has 1 aliphatic heterocycles. The maximum atomic E-state index is 11.8. The van der Waals surface area contributed by atoms with Crippen molar-refractivity contribution in [1.82, 2.24) is 10.6 Å². The first-order chi connectivity index (χ1) is 7.81. The van der Waals surface area contributed by atoms with E-state index in [0.29, 0.717) is 16.5 Å². The van der Waals surface area contributed by atoms with E-state index in [1.54, 1.807) is 7.11 Å². The molecule has 1 saturated heterocycles. The summed E-state index contributed by atoms with van der Waals surface area (Å²) >= 11 is 1.41. The van der Waals surface area contributed by atoms with Gasteiger partial charge < -0.3 is 15.4 Å². The van der Waals surface area contributed by atoms with Gasteiger partial charge in [0.25, 0.3) is 5.91 Å². The predicted molar refractivity (Wildman–Crippen MR) is 64.2 cm³/mol. The Balaban J connectivity index is 1.87. The highest BCUT2D eigenvalue weighted by Gasteiger charge is 2.18. The van der Waals surface area contributed by atoms with Gasteiger partial charge in [0.15, 0.2) is 0 Å². The molecule has 1 unspecified atom stereocenters. The lowest BCUT2D eigenvalue weighted by molar-refractivity contribution is 0.0949. The minimum atomic E-state index is -0.0289. The molecule has 2 heterocycles. The van der Waals surface area contributed by atoms with Crippen LogP contribution in [0.3, 0.4) is 0 Å². The highest BCUT2D eigenvalue weighted by molar-refractivity contribution is 7.12. The Hall–Kier alpha value is -1.07. The Kier molecular flexibility index (Phi) is 3.79. The van der Waals surface area contributed by atoms with Crippen LogP contribution in [0.2, 0.25) is 0 Å². The Labute approximate surface area is 99.0 Å². The molecule has 0 bridgehead atoms. The van der Waals surface area contributed by atoms with Crippen LogP contribution in [0.5, 0.6) is 5.75 Å². The Bertz CT molecular complexity index is 359. The third-order valence-corrected chi connectivity index (χ3v) is 3.66. The highest BCUT2D eigenvalue weighted by atomic mass is 32.1. The van der Waals surface area contributed by atoms with Crippen LogP contribution in [0.15, 0.2) is 11.4 Å². The standard InChI is InChI=1S/C11H16N2O2S/c1-15-9-3-5-16-10(9)11(14)13-7-8-2-4-12-6-8/h3,5,8,12H,2,4,6-7H2,1H3,(H,13,14). The number of hydrogen-bond donors (Lipinski definition) is 2. The smallest absolute Gasteiger partial charge is 0.265 e. The molecule has 88 valence electrons. The van der Waals surface area contributed by atoms with Crippen molar-refractivity contribution in [2.24, 2.45) is 5.92 Å². The number of rotatable bonds is 4. The lowest BCUT2D eigenvalue weighted by Crippen LogP contribution is -2.29. The molecule has 0 spiro atoms. The van der Waals surface area contributed by atoms with Crippen LogP contribution < -0.4 is 15.4 Å². The maximum Gasteiger partial charge on any atom is 0.265 e. The number of nitrogens with one attached hydrogen (secondary N) is 2. The zero-order valence-electron chi connectivity index (χ0n) is 9.29. The molecule has 1 amide bonds.